The Hall–Kier alpha value is -3.58. The number of hydrogen-bond acceptors (Lipinski definition) is 6. The van der Waals surface area contributed by atoms with Crippen LogP contribution in [0.25, 0.3) is 6.08 Å². The molecule has 0 fully saturated rings. The molecule has 3 rings (SSSR count). The molecule has 1 unspecified atom stereocenters. The van der Waals surface area contributed by atoms with Gasteiger partial charge >= 0.3 is 0 Å². The molecule has 1 heterocycles. The van der Waals surface area contributed by atoms with E-state index in [4.69, 9.17) is 9.47 Å². The van der Waals surface area contributed by atoms with Crippen molar-refractivity contribution in [2.45, 2.75) is 26.3 Å². The van der Waals surface area contributed by atoms with Gasteiger partial charge < -0.3 is 24.4 Å². The predicted octanol–water partition coefficient (Wildman–Crippen LogP) is 4.41. The zero-order valence-electron chi connectivity index (χ0n) is 20.9. The number of carbonyl (C=O) groups is 2. The number of ketones is 1. The number of benzene rings is 2. The van der Waals surface area contributed by atoms with E-state index in [0.717, 1.165) is 25.2 Å². The van der Waals surface area contributed by atoms with E-state index >= 15 is 0 Å². The number of ether oxygens (including phenoxy) is 2. The molecule has 0 radical (unpaired) electrons. The standard InChI is InChI=1S/C28H34N2O5/c1-5-29(6-2)17-10-18-30-26(22-19-21(34-3)14-16-24(22)35-4)25(27(32)28(30)33)23(31)15-13-20-11-8-7-9-12-20/h7-9,11-16,19,26,32H,5-6,10,17-18H2,1-4H3/b15-13+. The predicted molar refractivity (Wildman–Crippen MR) is 137 cm³/mol. The number of carbonyl (C=O) groups excluding carboxylic acids is 2. The third-order valence-electron chi connectivity index (χ3n) is 6.30. The van der Waals surface area contributed by atoms with E-state index < -0.39 is 23.5 Å². The molecular weight excluding hydrogens is 444 g/mol. The molecular formula is C28H34N2O5. The third-order valence-corrected chi connectivity index (χ3v) is 6.30. The number of allylic oxidation sites excluding steroid dienone is 1. The molecule has 0 aliphatic carbocycles. The van der Waals surface area contributed by atoms with E-state index in [1.807, 2.05) is 30.3 Å². The second kappa shape index (κ2) is 12.2. The molecule has 0 saturated heterocycles. The largest absolute Gasteiger partial charge is 0.503 e. The van der Waals surface area contributed by atoms with Crippen molar-refractivity contribution in [2.24, 2.45) is 0 Å². The van der Waals surface area contributed by atoms with Crippen molar-refractivity contribution in [3.63, 3.8) is 0 Å². The summed E-state index contributed by atoms with van der Waals surface area (Å²) in [6.45, 7) is 7.19. The molecule has 7 nitrogen and oxygen atoms in total. The minimum atomic E-state index is -0.794. The summed E-state index contributed by atoms with van der Waals surface area (Å²) in [5.74, 6) is -0.444. The maximum absolute atomic E-state index is 13.4. The summed E-state index contributed by atoms with van der Waals surface area (Å²) in [5.41, 5.74) is 1.47. The van der Waals surface area contributed by atoms with Crippen molar-refractivity contribution in [3.8, 4) is 11.5 Å². The molecule has 2 aromatic rings. The van der Waals surface area contributed by atoms with Crippen LogP contribution in [0.1, 0.15) is 37.4 Å². The Morgan fingerprint density at radius 2 is 1.80 bits per heavy atom. The molecule has 1 atom stereocenters. The van der Waals surface area contributed by atoms with E-state index in [1.54, 1.807) is 36.3 Å². The lowest BCUT2D eigenvalue weighted by atomic mass is 9.94. The van der Waals surface area contributed by atoms with E-state index in [-0.39, 0.29) is 5.57 Å². The number of methoxy groups -OCH3 is 2. The van der Waals surface area contributed by atoms with Crippen LogP contribution in [0.3, 0.4) is 0 Å². The quantitative estimate of drug-likeness (QED) is 0.455. The molecule has 1 amide bonds. The number of amides is 1. The van der Waals surface area contributed by atoms with Crippen LogP contribution in [-0.2, 0) is 9.59 Å². The number of aliphatic hydroxyl groups excluding tert-OH is 1. The van der Waals surface area contributed by atoms with E-state index in [2.05, 4.69) is 18.7 Å². The second-order valence-corrected chi connectivity index (χ2v) is 8.26. The van der Waals surface area contributed by atoms with Gasteiger partial charge in [-0.25, -0.2) is 0 Å². The summed E-state index contributed by atoms with van der Waals surface area (Å²) in [5, 5.41) is 10.9. The van der Waals surface area contributed by atoms with E-state index in [9.17, 15) is 14.7 Å². The van der Waals surface area contributed by atoms with Gasteiger partial charge in [0.05, 0.1) is 25.8 Å². The van der Waals surface area contributed by atoms with Crippen molar-refractivity contribution < 1.29 is 24.2 Å². The summed E-state index contributed by atoms with van der Waals surface area (Å²) in [7, 11) is 3.09. The van der Waals surface area contributed by atoms with Gasteiger partial charge in [0.2, 0.25) is 0 Å². The summed E-state index contributed by atoms with van der Waals surface area (Å²) < 4.78 is 11.0. The Morgan fingerprint density at radius 1 is 1.09 bits per heavy atom. The maximum atomic E-state index is 13.4. The fourth-order valence-corrected chi connectivity index (χ4v) is 4.34. The van der Waals surface area contributed by atoms with Crippen LogP contribution in [0.15, 0.2) is 65.9 Å². The van der Waals surface area contributed by atoms with Crippen molar-refractivity contribution >= 4 is 17.8 Å². The first-order valence-electron chi connectivity index (χ1n) is 11.9. The Bertz CT molecular complexity index is 1090. The highest BCUT2D eigenvalue weighted by Crippen LogP contribution is 2.43. The van der Waals surface area contributed by atoms with Crippen LogP contribution in [0.2, 0.25) is 0 Å². The fourth-order valence-electron chi connectivity index (χ4n) is 4.34. The average Bonchev–Trinajstić information content (AvgIpc) is 3.14. The van der Waals surface area contributed by atoms with Gasteiger partial charge in [-0.2, -0.15) is 0 Å². The first-order chi connectivity index (χ1) is 16.9. The van der Waals surface area contributed by atoms with Crippen molar-refractivity contribution in [3.05, 3.63) is 77.1 Å². The van der Waals surface area contributed by atoms with Gasteiger partial charge in [-0.1, -0.05) is 50.3 Å². The van der Waals surface area contributed by atoms with E-state index in [1.165, 1.54) is 13.2 Å². The first kappa shape index (κ1) is 26.0. The summed E-state index contributed by atoms with van der Waals surface area (Å²) in [6.07, 6.45) is 3.77. The molecule has 7 heteroatoms. The molecule has 1 N–H and O–H groups in total. The number of hydrogen-bond donors (Lipinski definition) is 1. The minimum absolute atomic E-state index is 0.0385. The van der Waals surface area contributed by atoms with Crippen LogP contribution in [0.5, 0.6) is 11.5 Å². The molecule has 1 aliphatic heterocycles. The maximum Gasteiger partial charge on any atom is 0.290 e. The van der Waals surface area contributed by atoms with Gasteiger partial charge in [0.15, 0.2) is 11.5 Å². The molecule has 1 aliphatic rings. The van der Waals surface area contributed by atoms with Crippen LogP contribution >= 0.6 is 0 Å². The fraction of sp³-hybridized carbons (Fsp3) is 0.357. The van der Waals surface area contributed by atoms with Gasteiger partial charge in [-0.3, -0.25) is 9.59 Å². The second-order valence-electron chi connectivity index (χ2n) is 8.26. The van der Waals surface area contributed by atoms with Crippen LogP contribution < -0.4 is 9.47 Å². The lowest BCUT2D eigenvalue weighted by Crippen LogP contribution is -2.34. The van der Waals surface area contributed by atoms with Crippen molar-refractivity contribution in [1.29, 1.82) is 0 Å². The van der Waals surface area contributed by atoms with Gasteiger partial charge in [0.1, 0.15) is 11.5 Å². The van der Waals surface area contributed by atoms with Gasteiger partial charge in [-0.15, -0.1) is 0 Å². The molecule has 0 aromatic heterocycles. The smallest absolute Gasteiger partial charge is 0.290 e. The molecule has 2 aromatic carbocycles. The molecule has 0 spiro atoms. The normalized spacial score (nSPS) is 16.0. The SMILES string of the molecule is CCN(CC)CCCN1C(=O)C(O)=C(C(=O)/C=C/c2ccccc2)C1c1cc(OC)ccc1OC. The zero-order chi connectivity index (χ0) is 25.4. The van der Waals surface area contributed by atoms with Crippen LogP contribution in [0, 0.1) is 0 Å². The molecule has 0 bridgehead atoms. The van der Waals surface area contributed by atoms with Crippen LogP contribution in [-0.4, -0.2) is 67.0 Å². The first-order valence-corrected chi connectivity index (χ1v) is 11.9. The van der Waals surface area contributed by atoms with E-state index in [0.29, 0.717) is 30.0 Å². The molecule has 186 valence electrons. The zero-order valence-corrected chi connectivity index (χ0v) is 20.9. The Balaban J connectivity index is 2.01. The van der Waals surface area contributed by atoms with Crippen molar-refractivity contribution in [1.82, 2.24) is 9.80 Å². The summed E-state index contributed by atoms with van der Waals surface area (Å²) in [6, 6.07) is 13.8. The van der Waals surface area contributed by atoms with Gasteiger partial charge in [0.25, 0.3) is 5.91 Å². The Labute approximate surface area is 207 Å². The summed E-state index contributed by atoms with van der Waals surface area (Å²) in [4.78, 5) is 30.4. The van der Waals surface area contributed by atoms with Gasteiger partial charge in [0, 0.05) is 12.1 Å². The highest BCUT2D eigenvalue weighted by molar-refractivity contribution is 6.14. The van der Waals surface area contributed by atoms with Crippen LogP contribution in [0.4, 0.5) is 0 Å². The summed E-state index contributed by atoms with van der Waals surface area (Å²) >= 11 is 0. The molecule has 35 heavy (non-hydrogen) atoms. The van der Waals surface area contributed by atoms with Gasteiger partial charge in [-0.05, 0) is 55.9 Å². The minimum Gasteiger partial charge on any atom is -0.503 e. The monoisotopic (exact) mass is 478 g/mol. The lowest BCUT2D eigenvalue weighted by molar-refractivity contribution is -0.129. The topological polar surface area (TPSA) is 79.3 Å². The number of rotatable bonds is 12. The Morgan fingerprint density at radius 3 is 2.43 bits per heavy atom. The number of aliphatic hydroxyl groups is 1. The highest BCUT2D eigenvalue weighted by Gasteiger charge is 2.44. The Kier molecular flexibility index (Phi) is 9.09. The average molecular weight is 479 g/mol. The van der Waals surface area contributed by atoms with Crippen molar-refractivity contribution in [2.75, 3.05) is 40.4 Å². The third kappa shape index (κ3) is 5.92. The lowest BCUT2D eigenvalue weighted by Gasteiger charge is -2.29. The number of nitrogens with zero attached hydrogens (tertiary/aromatic N) is 2. The highest BCUT2D eigenvalue weighted by atomic mass is 16.5. The molecule has 0 saturated carbocycles.